The fraction of sp³-hybridized carbons (Fsp3) is 0.115. The molecule has 0 aliphatic rings. The van der Waals surface area contributed by atoms with Gasteiger partial charge in [0.25, 0.3) is 5.56 Å². The topological polar surface area (TPSA) is 92.9 Å². The Morgan fingerprint density at radius 3 is 2.71 bits per heavy atom. The number of carbonyl (C=O) groups is 1. The number of aromatic nitrogens is 3. The zero-order valence-corrected chi connectivity index (χ0v) is 18.5. The summed E-state index contributed by atoms with van der Waals surface area (Å²) in [6, 6.07) is 14.8. The molecule has 0 aliphatic carbocycles. The minimum Gasteiger partial charge on any atom is -0.464 e. The first-order chi connectivity index (χ1) is 16.4. The van der Waals surface area contributed by atoms with Gasteiger partial charge in [-0.2, -0.15) is 0 Å². The van der Waals surface area contributed by atoms with Crippen LogP contribution in [0, 0.1) is 5.82 Å². The van der Waals surface area contributed by atoms with Gasteiger partial charge in [-0.05, 0) is 55.0 Å². The largest absolute Gasteiger partial charge is 0.464 e. The summed E-state index contributed by atoms with van der Waals surface area (Å²) in [6.45, 7) is 1.74. The Bertz CT molecular complexity index is 1550. The second-order valence-electron chi connectivity index (χ2n) is 8.07. The van der Waals surface area contributed by atoms with Crippen LogP contribution in [0.1, 0.15) is 18.4 Å². The highest BCUT2D eigenvalue weighted by Gasteiger charge is 2.21. The molecule has 0 saturated heterocycles. The predicted octanol–water partition coefficient (Wildman–Crippen LogP) is 5.07. The van der Waals surface area contributed by atoms with Gasteiger partial charge >= 0.3 is 0 Å². The Kier molecular flexibility index (Phi) is 5.33. The van der Waals surface area contributed by atoms with E-state index in [1.807, 2.05) is 6.07 Å². The second kappa shape index (κ2) is 8.47. The van der Waals surface area contributed by atoms with Crippen LogP contribution in [0.15, 0.2) is 82.5 Å². The van der Waals surface area contributed by atoms with Crippen molar-refractivity contribution >= 4 is 22.6 Å². The lowest BCUT2D eigenvalue weighted by molar-refractivity contribution is -0.117. The van der Waals surface area contributed by atoms with Gasteiger partial charge in [0.15, 0.2) is 0 Å². The first kappa shape index (κ1) is 21.4. The monoisotopic (exact) mass is 456 g/mol. The number of H-pyrrole nitrogens is 1. The number of anilines is 1. The Morgan fingerprint density at radius 2 is 1.97 bits per heavy atom. The van der Waals surface area contributed by atoms with E-state index in [9.17, 15) is 14.0 Å². The van der Waals surface area contributed by atoms with E-state index < -0.39 is 5.92 Å². The Labute approximate surface area is 193 Å². The summed E-state index contributed by atoms with van der Waals surface area (Å²) in [7, 11) is 1.70. The van der Waals surface area contributed by atoms with Crippen LogP contribution in [0.5, 0.6) is 0 Å². The van der Waals surface area contributed by atoms with Gasteiger partial charge in [-0.3, -0.25) is 9.59 Å². The average molecular weight is 456 g/mol. The van der Waals surface area contributed by atoms with Crippen molar-refractivity contribution in [2.24, 2.45) is 7.05 Å². The first-order valence-electron chi connectivity index (χ1n) is 10.7. The van der Waals surface area contributed by atoms with E-state index in [0.29, 0.717) is 39.3 Å². The zero-order chi connectivity index (χ0) is 23.8. The molecule has 1 aromatic carbocycles. The minimum absolute atomic E-state index is 0.151. The quantitative estimate of drug-likeness (QED) is 0.386. The van der Waals surface area contributed by atoms with Crippen molar-refractivity contribution < 1.29 is 13.6 Å². The summed E-state index contributed by atoms with van der Waals surface area (Å²) in [5, 5.41) is 3.34. The van der Waals surface area contributed by atoms with Crippen LogP contribution < -0.4 is 10.9 Å². The van der Waals surface area contributed by atoms with E-state index in [-0.39, 0.29) is 17.3 Å². The summed E-state index contributed by atoms with van der Waals surface area (Å²) in [5.41, 5.74) is 3.27. The van der Waals surface area contributed by atoms with Gasteiger partial charge in [-0.1, -0.05) is 12.1 Å². The number of furan rings is 1. The molecule has 7 nitrogen and oxygen atoms in total. The molecule has 5 rings (SSSR count). The molecule has 5 aromatic rings. The fourth-order valence-electron chi connectivity index (χ4n) is 3.97. The van der Waals surface area contributed by atoms with Crippen LogP contribution >= 0.6 is 0 Å². The van der Waals surface area contributed by atoms with E-state index in [4.69, 9.17) is 4.42 Å². The molecule has 34 heavy (non-hydrogen) atoms. The molecule has 1 atom stereocenters. The van der Waals surface area contributed by atoms with Crippen molar-refractivity contribution in [3.63, 3.8) is 0 Å². The third-order valence-corrected chi connectivity index (χ3v) is 5.86. The number of benzene rings is 1. The average Bonchev–Trinajstić information content (AvgIpc) is 3.50. The summed E-state index contributed by atoms with van der Waals surface area (Å²) >= 11 is 0. The minimum atomic E-state index is -0.499. The Morgan fingerprint density at radius 1 is 1.18 bits per heavy atom. The summed E-state index contributed by atoms with van der Waals surface area (Å²) in [6.07, 6.45) is 4.84. The van der Waals surface area contributed by atoms with E-state index in [0.717, 1.165) is 5.56 Å². The highest BCUT2D eigenvalue weighted by atomic mass is 19.1. The third kappa shape index (κ3) is 3.79. The van der Waals surface area contributed by atoms with Gasteiger partial charge in [-0.15, -0.1) is 0 Å². The maximum Gasteiger partial charge on any atom is 0.260 e. The SMILES string of the molecule is CC(C(=O)Nc1cc(-c2[nH]c3ccn(C)c(=O)c3c2-c2ccco2)ccn1)c1ccc(F)cc1. The molecule has 0 saturated carbocycles. The first-order valence-corrected chi connectivity index (χ1v) is 10.7. The molecular formula is C26H21FN4O3. The van der Waals surface area contributed by atoms with Crippen molar-refractivity contribution in [3.05, 3.63) is 95.0 Å². The lowest BCUT2D eigenvalue weighted by Gasteiger charge is -2.13. The number of nitrogens with one attached hydrogen (secondary N) is 2. The lowest BCUT2D eigenvalue weighted by Crippen LogP contribution is -2.19. The zero-order valence-electron chi connectivity index (χ0n) is 18.5. The number of hydrogen-bond acceptors (Lipinski definition) is 4. The van der Waals surface area contributed by atoms with E-state index in [1.165, 1.54) is 16.7 Å². The van der Waals surface area contributed by atoms with E-state index in [2.05, 4.69) is 15.3 Å². The highest BCUT2D eigenvalue weighted by molar-refractivity contribution is 6.02. The van der Waals surface area contributed by atoms with Crippen molar-refractivity contribution in [1.29, 1.82) is 0 Å². The van der Waals surface area contributed by atoms with Gasteiger partial charge in [0, 0.05) is 25.0 Å². The molecule has 0 spiro atoms. The molecule has 1 amide bonds. The fourth-order valence-corrected chi connectivity index (χ4v) is 3.97. The van der Waals surface area contributed by atoms with Crippen LogP contribution in [-0.2, 0) is 11.8 Å². The normalized spacial score (nSPS) is 12.1. The number of pyridine rings is 2. The van der Waals surface area contributed by atoms with Gasteiger partial charge in [0.05, 0.1) is 34.3 Å². The molecule has 8 heteroatoms. The number of halogens is 1. The van der Waals surface area contributed by atoms with Crippen molar-refractivity contribution in [3.8, 4) is 22.6 Å². The van der Waals surface area contributed by atoms with Gasteiger partial charge in [0.1, 0.15) is 17.4 Å². The number of aromatic amines is 1. The van der Waals surface area contributed by atoms with Gasteiger partial charge in [-0.25, -0.2) is 9.37 Å². The van der Waals surface area contributed by atoms with Crippen molar-refractivity contribution in [2.75, 3.05) is 5.32 Å². The van der Waals surface area contributed by atoms with Crippen LogP contribution in [-0.4, -0.2) is 20.4 Å². The maximum atomic E-state index is 13.2. The number of hydrogen-bond donors (Lipinski definition) is 2. The number of carbonyl (C=O) groups excluding carboxylic acids is 1. The van der Waals surface area contributed by atoms with Crippen molar-refractivity contribution in [2.45, 2.75) is 12.8 Å². The van der Waals surface area contributed by atoms with Gasteiger partial charge < -0.3 is 19.3 Å². The van der Waals surface area contributed by atoms with E-state index >= 15 is 0 Å². The maximum absolute atomic E-state index is 13.2. The molecule has 170 valence electrons. The molecule has 0 fully saturated rings. The Hall–Kier alpha value is -4.46. The number of aryl methyl sites for hydroxylation is 1. The summed E-state index contributed by atoms with van der Waals surface area (Å²) < 4.78 is 20.4. The lowest BCUT2D eigenvalue weighted by atomic mass is 10.0. The molecule has 2 N–H and O–H groups in total. The van der Waals surface area contributed by atoms with Crippen LogP contribution in [0.2, 0.25) is 0 Å². The number of fused-ring (bicyclic) bond motifs is 1. The number of rotatable bonds is 5. The molecule has 1 unspecified atom stereocenters. The summed E-state index contributed by atoms with van der Waals surface area (Å²) in [5.74, 6) is -0.217. The van der Waals surface area contributed by atoms with Crippen LogP contribution in [0.3, 0.4) is 0 Å². The molecule has 0 radical (unpaired) electrons. The standard InChI is InChI=1S/C26H21FN4O3/c1-15(16-5-7-18(27)8-6-16)25(32)30-21-14-17(9-11-28-21)24-23(20-4-3-13-34-20)22-19(29-24)10-12-31(2)26(22)33/h3-15,29H,1-2H3,(H,28,30,32). The molecular weight excluding hydrogens is 435 g/mol. The number of amides is 1. The molecule has 0 aliphatic heterocycles. The molecule has 4 heterocycles. The molecule has 4 aromatic heterocycles. The van der Waals surface area contributed by atoms with E-state index in [1.54, 1.807) is 69.0 Å². The number of nitrogens with zero attached hydrogens (tertiary/aromatic N) is 2. The predicted molar refractivity (Wildman–Crippen MR) is 128 cm³/mol. The van der Waals surface area contributed by atoms with Crippen molar-refractivity contribution in [1.82, 2.24) is 14.5 Å². The van der Waals surface area contributed by atoms with Crippen LogP contribution in [0.4, 0.5) is 10.2 Å². The smallest absolute Gasteiger partial charge is 0.260 e. The highest BCUT2D eigenvalue weighted by Crippen LogP contribution is 2.37. The summed E-state index contributed by atoms with van der Waals surface area (Å²) in [4.78, 5) is 33.4. The third-order valence-electron chi connectivity index (χ3n) is 5.86. The van der Waals surface area contributed by atoms with Crippen LogP contribution in [0.25, 0.3) is 33.5 Å². The Balaban J connectivity index is 1.54. The van der Waals surface area contributed by atoms with Gasteiger partial charge in [0.2, 0.25) is 5.91 Å². The second-order valence-corrected chi connectivity index (χ2v) is 8.07. The molecule has 0 bridgehead atoms.